The molecular formula is C24H30N6O2S. The van der Waals surface area contributed by atoms with Gasteiger partial charge in [0.25, 0.3) is 11.9 Å². The van der Waals surface area contributed by atoms with Gasteiger partial charge in [0, 0.05) is 32.4 Å². The van der Waals surface area contributed by atoms with Crippen LogP contribution in [-0.2, 0) is 11.3 Å². The van der Waals surface area contributed by atoms with Crippen molar-refractivity contribution in [2.75, 3.05) is 33.3 Å². The van der Waals surface area contributed by atoms with E-state index in [1.807, 2.05) is 28.5 Å². The van der Waals surface area contributed by atoms with E-state index in [1.165, 1.54) is 32.4 Å². The van der Waals surface area contributed by atoms with E-state index in [9.17, 15) is 4.79 Å². The number of methoxy groups -OCH3 is 1. The van der Waals surface area contributed by atoms with Gasteiger partial charge in [-0.3, -0.25) is 4.79 Å². The summed E-state index contributed by atoms with van der Waals surface area (Å²) in [6.07, 6.45) is 9.37. The molecule has 3 aromatic rings. The molecule has 0 unspecified atom stereocenters. The first-order valence-corrected chi connectivity index (χ1v) is 12.6. The summed E-state index contributed by atoms with van der Waals surface area (Å²) in [5.74, 6) is 0.454. The highest BCUT2D eigenvalue weighted by molar-refractivity contribution is 7.13. The molecule has 8 nitrogen and oxygen atoms in total. The van der Waals surface area contributed by atoms with E-state index in [1.54, 1.807) is 35.5 Å². The highest BCUT2D eigenvalue weighted by atomic mass is 32.1. The molecule has 3 aromatic heterocycles. The fourth-order valence-electron chi connectivity index (χ4n) is 4.90. The molecule has 0 aromatic carbocycles. The smallest absolute Gasteiger partial charge is 0.257 e. The van der Waals surface area contributed by atoms with Crippen molar-refractivity contribution >= 4 is 17.2 Å². The van der Waals surface area contributed by atoms with Crippen molar-refractivity contribution in [2.45, 2.75) is 44.8 Å². The Balaban J connectivity index is 1.34. The first-order valence-electron chi connectivity index (χ1n) is 11.7. The number of rotatable bonds is 6. The Morgan fingerprint density at radius 1 is 1.15 bits per heavy atom. The maximum Gasteiger partial charge on any atom is 0.257 e. The number of carbonyl (C=O) groups is 1. The Kier molecular flexibility index (Phi) is 6.80. The summed E-state index contributed by atoms with van der Waals surface area (Å²) < 4.78 is 7.07. The first kappa shape index (κ1) is 22.2. The topological polar surface area (TPSA) is 76.4 Å². The van der Waals surface area contributed by atoms with Crippen LogP contribution in [-0.4, -0.2) is 74.8 Å². The van der Waals surface area contributed by atoms with Gasteiger partial charge >= 0.3 is 0 Å². The van der Waals surface area contributed by atoms with E-state index >= 15 is 0 Å². The zero-order valence-electron chi connectivity index (χ0n) is 19.0. The Labute approximate surface area is 198 Å². The van der Waals surface area contributed by atoms with Crippen LogP contribution in [0.3, 0.4) is 0 Å². The predicted octanol–water partition coefficient (Wildman–Crippen LogP) is 3.63. The minimum atomic E-state index is 0.0137. The molecule has 0 bridgehead atoms. The Morgan fingerprint density at radius 2 is 1.97 bits per heavy atom. The van der Waals surface area contributed by atoms with Gasteiger partial charge in [-0.1, -0.05) is 12.5 Å². The van der Waals surface area contributed by atoms with E-state index in [0.717, 1.165) is 36.5 Å². The molecule has 0 spiro atoms. The van der Waals surface area contributed by atoms with Gasteiger partial charge in [-0.2, -0.15) is 9.78 Å². The third-order valence-corrected chi connectivity index (χ3v) is 7.54. The predicted molar refractivity (Wildman–Crippen MR) is 128 cm³/mol. The molecule has 2 aliphatic heterocycles. The van der Waals surface area contributed by atoms with Gasteiger partial charge in [0.15, 0.2) is 0 Å². The number of hydrogen-bond donors (Lipinski definition) is 0. The lowest BCUT2D eigenvalue weighted by atomic mass is 9.99. The van der Waals surface area contributed by atoms with Crippen LogP contribution in [0, 0.1) is 0 Å². The first-order chi connectivity index (χ1) is 16.2. The number of aromatic nitrogens is 4. The third kappa shape index (κ3) is 4.71. The fourth-order valence-corrected chi connectivity index (χ4v) is 5.60. The van der Waals surface area contributed by atoms with Crippen molar-refractivity contribution in [3.8, 4) is 16.5 Å². The number of likely N-dealkylation sites (tertiary alicyclic amines) is 2. The highest BCUT2D eigenvalue weighted by Crippen LogP contribution is 2.25. The van der Waals surface area contributed by atoms with Crippen molar-refractivity contribution in [3.05, 3.63) is 47.2 Å². The summed E-state index contributed by atoms with van der Waals surface area (Å²) in [6, 6.07) is 6.51. The minimum Gasteiger partial charge on any atom is -0.378 e. The Hall–Kier alpha value is -2.62. The van der Waals surface area contributed by atoms with Gasteiger partial charge in [-0.25, -0.2) is 9.97 Å². The average molecular weight is 467 g/mol. The molecule has 0 atom stereocenters. The number of piperidine rings is 2. The van der Waals surface area contributed by atoms with Crippen molar-refractivity contribution < 1.29 is 9.53 Å². The molecule has 174 valence electrons. The van der Waals surface area contributed by atoms with Crippen LogP contribution >= 0.6 is 11.3 Å². The number of amides is 1. The standard InChI is InChI=1S/C24H30N6O2S/c1-32-17-21-19(23(31)29-13-8-18(9-14-29)28-11-3-2-4-12-28)16-26-30(21)24-25-10-7-20(27-24)22-6-5-15-33-22/h5-7,10,15-16,18H,2-4,8-9,11-14,17H2,1H3. The number of carbonyl (C=O) groups excluding carboxylic acids is 1. The largest absolute Gasteiger partial charge is 0.378 e. The quantitative estimate of drug-likeness (QED) is 0.552. The maximum atomic E-state index is 13.4. The van der Waals surface area contributed by atoms with E-state index in [2.05, 4.69) is 20.0 Å². The van der Waals surface area contributed by atoms with Crippen LogP contribution in [0.5, 0.6) is 0 Å². The lowest BCUT2D eigenvalue weighted by Crippen LogP contribution is -2.48. The summed E-state index contributed by atoms with van der Waals surface area (Å²) in [5, 5.41) is 6.51. The second-order valence-electron chi connectivity index (χ2n) is 8.69. The zero-order valence-corrected chi connectivity index (χ0v) is 19.8. The molecule has 33 heavy (non-hydrogen) atoms. The summed E-state index contributed by atoms with van der Waals surface area (Å²) in [4.78, 5) is 28.2. The van der Waals surface area contributed by atoms with Crippen LogP contribution in [0.1, 0.15) is 48.2 Å². The highest BCUT2D eigenvalue weighted by Gasteiger charge is 2.30. The zero-order chi connectivity index (χ0) is 22.6. The molecule has 0 N–H and O–H groups in total. The molecule has 0 aliphatic carbocycles. The van der Waals surface area contributed by atoms with Crippen LogP contribution in [0.4, 0.5) is 0 Å². The van der Waals surface area contributed by atoms with Crippen LogP contribution in [0.25, 0.3) is 16.5 Å². The van der Waals surface area contributed by atoms with Gasteiger partial charge in [0.05, 0.1) is 34.6 Å². The molecule has 1 amide bonds. The van der Waals surface area contributed by atoms with E-state index in [-0.39, 0.29) is 12.5 Å². The molecule has 2 saturated heterocycles. The van der Waals surface area contributed by atoms with E-state index in [0.29, 0.717) is 23.2 Å². The van der Waals surface area contributed by atoms with Gasteiger partial charge in [-0.05, 0) is 56.3 Å². The number of thiophene rings is 1. The molecule has 2 aliphatic rings. The van der Waals surface area contributed by atoms with E-state index in [4.69, 9.17) is 4.74 Å². The summed E-state index contributed by atoms with van der Waals surface area (Å²) in [7, 11) is 1.62. The average Bonchev–Trinajstić information content (AvgIpc) is 3.55. The lowest BCUT2D eigenvalue weighted by Gasteiger charge is -2.40. The Bertz CT molecular complexity index is 1070. The SMILES string of the molecule is COCc1c(C(=O)N2CCC(N3CCCCC3)CC2)cnn1-c1nccc(-c2cccs2)n1. The van der Waals surface area contributed by atoms with Crippen LogP contribution in [0.15, 0.2) is 36.0 Å². The molecule has 5 rings (SSSR count). The molecule has 9 heteroatoms. The van der Waals surface area contributed by atoms with Gasteiger partial charge in [0.1, 0.15) is 0 Å². The number of ether oxygens (including phenoxy) is 1. The monoisotopic (exact) mass is 466 g/mol. The van der Waals surface area contributed by atoms with Crippen LogP contribution in [0.2, 0.25) is 0 Å². The molecule has 0 saturated carbocycles. The van der Waals surface area contributed by atoms with E-state index < -0.39 is 0 Å². The third-order valence-electron chi connectivity index (χ3n) is 6.65. The van der Waals surface area contributed by atoms with Crippen molar-refractivity contribution in [1.29, 1.82) is 0 Å². The van der Waals surface area contributed by atoms with Crippen LogP contribution < -0.4 is 0 Å². The molecular weight excluding hydrogens is 436 g/mol. The summed E-state index contributed by atoms with van der Waals surface area (Å²) in [5.41, 5.74) is 2.09. The minimum absolute atomic E-state index is 0.0137. The fraction of sp³-hybridized carbons (Fsp3) is 0.500. The van der Waals surface area contributed by atoms with Crippen molar-refractivity contribution in [3.63, 3.8) is 0 Å². The van der Waals surface area contributed by atoms with Gasteiger partial charge < -0.3 is 14.5 Å². The number of hydrogen-bond acceptors (Lipinski definition) is 7. The van der Waals surface area contributed by atoms with Gasteiger partial charge in [-0.15, -0.1) is 11.3 Å². The second kappa shape index (κ2) is 10.1. The Morgan fingerprint density at radius 3 is 2.70 bits per heavy atom. The van der Waals surface area contributed by atoms with Crippen molar-refractivity contribution in [1.82, 2.24) is 29.5 Å². The maximum absolute atomic E-state index is 13.4. The molecule has 2 fully saturated rings. The summed E-state index contributed by atoms with van der Waals surface area (Å²) >= 11 is 1.62. The lowest BCUT2D eigenvalue weighted by molar-refractivity contribution is 0.0586. The van der Waals surface area contributed by atoms with Gasteiger partial charge in [0.2, 0.25) is 0 Å². The number of nitrogens with zero attached hydrogens (tertiary/aromatic N) is 6. The second-order valence-corrected chi connectivity index (χ2v) is 9.64. The molecule has 0 radical (unpaired) electrons. The van der Waals surface area contributed by atoms with Crippen molar-refractivity contribution in [2.24, 2.45) is 0 Å². The summed E-state index contributed by atoms with van der Waals surface area (Å²) in [6.45, 7) is 4.23. The normalized spacial score (nSPS) is 18.0. The molecule has 5 heterocycles.